The molecule has 2 aromatic carbocycles. The molecule has 0 aliphatic rings. The first-order valence-electron chi connectivity index (χ1n) is 5.35. The van der Waals surface area contributed by atoms with Crippen LogP contribution in [0.2, 0.25) is 0 Å². The monoisotopic (exact) mass is 268 g/mol. The largest absolute Gasteiger partial charge is 0.496 e. The van der Waals surface area contributed by atoms with Gasteiger partial charge in [0.25, 0.3) is 0 Å². The number of ether oxygens (including phenoxy) is 1. The summed E-state index contributed by atoms with van der Waals surface area (Å²) in [6, 6.07) is 10.1. The van der Waals surface area contributed by atoms with Crippen LogP contribution < -0.4 is 4.74 Å². The SMILES string of the molecule is COc1ccc(F)cc1C(Cl)c1ccccc1F. The van der Waals surface area contributed by atoms with Crippen LogP contribution in [0.25, 0.3) is 0 Å². The summed E-state index contributed by atoms with van der Waals surface area (Å²) in [4.78, 5) is 0. The van der Waals surface area contributed by atoms with Gasteiger partial charge in [-0.15, -0.1) is 11.6 Å². The molecular formula is C14H11ClF2O. The second-order valence-electron chi connectivity index (χ2n) is 3.77. The quantitative estimate of drug-likeness (QED) is 0.754. The fraction of sp³-hybridized carbons (Fsp3) is 0.143. The summed E-state index contributed by atoms with van der Waals surface area (Å²) < 4.78 is 32.0. The van der Waals surface area contributed by atoms with Gasteiger partial charge in [-0.3, -0.25) is 0 Å². The van der Waals surface area contributed by atoms with Crippen LogP contribution >= 0.6 is 11.6 Å². The summed E-state index contributed by atoms with van der Waals surface area (Å²) in [7, 11) is 1.46. The highest BCUT2D eigenvalue weighted by atomic mass is 35.5. The first-order valence-corrected chi connectivity index (χ1v) is 5.79. The van der Waals surface area contributed by atoms with Crippen LogP contribution in [0.4, 0.5) is 8.78 Å². The highest BCUT2D eigenvalue weighted by molar-refractivity contribution is 6.22. The Morgan fingerprint density at radius 2 is 1.78 bits per heavy atom. The average molecular weight is 269 g/mol. The molecule has 0 heterocycles. The van der Waals surface area contributed by atoms with E-state index in [9.17, 15) is 8.78 Å². The Bertz CT molecular complexity index is 557. The number of methoxy groups -OCH3 is 1. The third kappa shape index (κ3) is 2.46. The molecule has 0 aliphatic carbocycles. The van der Waals surface area contributed by atoms with Crippen molar-refractivity contribution in [3.8, 4) is 5.75 Å². The van der Waals surface area contributed by atoms with Crippen molar-refractivity contribution < 1.29 is 13.5 Å². The normalized spacial score (nSPS) is 12.2. The van der Waals surface area contributed by atoms with E-state index in [2.05, 4.69) is 0 Å². The Kier molecular flexibility index (Phi) is 3.82. The highest BCUT2D eigenvalue weighted by Crippen LogP contribution is 2.36. The zero-order chi connectivity index (χ0) is 13.1. The number of hydrogen-bond donors (Lipinski definition) is 0. The van der Waals surface area contributed by atoms with Gasteiger partial charge in [-0.05, 0) is 24.3 Å². The third-order valence-corrected chi connectivity index (χ3v) is 3.11. The van der Waals surface area contributed by atoms with Gasteiger partial charge in [0.05, 0.1) is 12.5 Å². The number of benzene rings is 2. The molecule has 18 heavy (non-hydrogen) atoms. The predicted octanol–water partition coefficient (Wildman–Crippen LogP) is 4.30. The van der Waals surface area contributed by atoms with E-state index in [-0.39, 0.29) is 0 Å². The molecule has 0 bridgehead atoms. The van der Waals surface area contributed by atoms with Gasteiger partial charge in [0.2, 0.25) is 0 Å². The van der Waals surface area contributed by atoms with Crippen LogP contribution in [0.3, 0.4) is 0 Å². The summed E-state index contributed by atoms with van der Waals surface area (Å²) in [5, 5.41) is -0.795. The molecule has 2 aromatic rings. The standard InChI is InChI=1S/C14H11ClF2O/c1-18-13-7-6-9(16)8-11(13)14(15)10-4-2-3-5-12(10)17/h2-8,14H,1H3. The number of alkyl halides is 1. The van der Waals surface area contributed by atoms with E-state index in [0.29, 0.717) is 16.9 Å². The molecule has 0 fully saturated rings. The molecule has 0 amide bonds. The van der Waals surface area contributed by atoms with E-state index in [0.717, 1.165) is 0 Å². The highest BCUT2D eigenvalue weighted by Gasteiger charge is 2.19. The van der Waals surface area contributed by atoms with Gasteiger partial charge in [0.15, 0.2) is 0 Å². The second kappa shape index (κ2) is 5.36. The lowest BCUT2D eigenvalue weighted by Crippen LogP contribution is -2.00. The molecule has 1 atom stereocenters. The van der Waals surface area contributed by atoms with E-state index in [4.69, 9.17) is 16.3 Å². The molecule has 0 aliphatic heterocycles. The van der Waals surface area contributed by atoms with E-state index in [1.165, 1.54) is 31.4 Å². The maximum atomic E-state index is 13.6. The summed E-state index contributed by atoms with van der Waals surface area (Å²) in [6.45, 7) is 0. The molecule has 0 saturated heterocycles. The molecule has 4 heteroatoms. The van der Waals surface area contributed by atoms with E-state index < -0.39 is 17.0 Å². The van der Waals surface area contributed by atoms with Crippen molar-refractivity contribution in [3.63, 3.8) is 0 Å². The minimum absolute atomic E-state index is 0.295. The minimum Gasteiger partial charge on any atom is -0.496 e. The first-order chi connectivity index (χ1) is 8.63. The topological polar surface area (TPSA) is 9.23 Å². The zero-order valence-corrected chi connectivity index (χ0v) is 10.4. The Morgan fingerprint density at radius 1 is 1.06 bits per heavy atom. The molecule has 1 nitrogen and oxygen atoms in total. The molecular weight excluding hydrogens is 258 g/mol. The molecule has 0 aromatic heterocycles. The van der Waals surface area contributed by atoms with Crippen LogP contribution in [-0.4, -0.2) is 7.11 Å². The smallest absolute Gasteiger partial charge is 0.128 e. The van der Waals surface area contributed by atoms with Crippen molar-refractivity contribution in [1.82, 2.24) is 0 Å². The lowest BCUT2D eigenvalue weighted by atomic mass is 10.0. The molecule has 94 valence electrons. The van der Waals surface area contributed by atoms with Crippen molar-refractivity contribution in [2.75, 3.05) is 7.11 Å². The third-order valence-electron chi connectivity index (χ3n) is 2.64. The Hall–Kier alpha value is -1.61. The Balaban J connectivity index is 2.48. The van der Waals surface area contributed by atoms with Gasteiger partial charge < -0.3 is 4.74 Å². The number of rotatable bonds is 3. The molecule has 2 rings (SSSR count). The van der Waals surface area contributed by atoms with Crippen molar-refractivity contribution in [3.05, 3.63) is 65.2 Å². The number of hydrogen-bond acceptors (Lipinski definition) is 1. The fourth-order valence-corrected chi connectivity index (χ4v) is 2.10. The summed E-state index contributed by atoms with van der Waals surface area (Å²) in [5.41, 5.74) is 0.701. The maximum absolute atomic E-state index is 13.6. The molecule has 0 N–H and O–H groups in total. The first kappa shape index (κ1) is 12.8. The summed E-state index contributed by atoms with van der Waals surface area (Å²) in [6.07, 6.45) is 0. The van der Waals surface area contributed by atoms with Crippen LogP contribution in [-0.2, 0) is 0 Å². The van der Waals surface area contributed by atoms with Gasteiger partial charge in [0.1, 0.15) is 17.4 Å². The van der Waals surface area contributed by atoms with E-state index in [1.54, 1.807) is 18.2 Å². The summed E-state index contributed by atoms with van der Waals surface area (Å²) >= 11 is 6.21. The lowest BCUT2D eigenvalue weighted by Gasteiger charge is -2.15. The van der Waals surface area contributed by atoms with Crippen molar-refractivity contribution >= 4 is 11.6 Å². The van der Waals surface area contributed by atoms with Gasteiger partial charge in [-0.2, -0.15) is 0 Å². The van der Waals surface area contributed by atoms with Gasteiger partial charge >= 0.3 is 0 Å². The van der Waals surface area contributed by atoms with Crippen LogP contribution in [0.1, 0.15) is 16.5 Å². The molecule has 0 saturated carbocycles. The van der Waals surface area contributed by atoms with Crippen LogP contribution in [0.15, 0.2) is 42.5 Å². The van der Waals surface area contributed by atoms with Crippen LogP contribution in [0, 0.1) is 11.6 Å². The minimum atomic E-state index is -0.795. The van der Waals surface area contributed by atoms with Gasteiger partial charge in [-0.1, -0.05) is 18.2 Å². The second-order valence-corrected chi connectivity index (χ2v) is 4.21. The number of halogens is 3. The Morgan fingerprint density at radius 3 is 2.44 bits per heavy atom. The molecule has 1 unspecified atom stereocenters. The van der Waals surface area contributed by atoms with Crippen LogP contribution in [0.5, 0.6) is 5.75 Å². The van der Waals surface area contributed by atoms with Gasteiger partial charge in [-0.25, -0.2) is 8.78 Å². The maximum Gasteiger partial charge on any atom is 0.128 e. The average Bonchev–Trinajstić information content (AvgIpc) is 2.38. The molecule has 0 spiro atoms. The van der Waals surface area contributed by atoms with Crippen molar-refractivity contribution in [1.29, 1.82) is 0 Å². The zero-order valence-electron chi connectivity index (χ0n) is 9.66. The summed E-state index contributed by atoms with van der Waals surface area (Å²) in [5.74, 6) is -0.434. The van der Waals surface area contributed by atoms with Gasteiger partial charge in [0, 0.05) is 11.1 Å². The van der Waals surface area contributed by atoms with Crippen molar-refractivity contribution in [2.45, 2.75) is 5.38 Å². The van der Waals surface area contributed by atoms with E-state index >= 15 is 0 Å². The van der Waals surface area contributed by atoms with E-state index in [1.807, 2.05) is 0 Å². The fourth-order valence-electron chi connectivity index (χ4n) is 1.75. The van der Waals surface area contributed by atoms with Crippen molar-refractivity contribution in [2.24, 2.45) is 0 Å². The lowest BCUT2D eigenvalue weighted by molar-refractivity contribution is 0.408. The Labute approximate surface area is 109 Å². The predicted molar refractivity (Wildman–Crippen MR) is 67.0 cm³/mol. The molecule has 0 radical (unpaired) electrons.